The average Bonchev–Trinajstić information content (AvgIpc) is 3.12. The number of Topliss-reactive ketones (excluding diaryl/α,β-unsaturated/α-hetero) is 1. The molecule has 1 saturated heterocycles. The van der Waals surface area contributed by atoms with Crippen LogP contribution in [0.15, 0.2) is 96.2 Å². The number of pyridine rings is 2. The lowest BCUT2D eigenvalue weighted by Gasteiger charge is -2.23. The highest BCUT2D eigenvalue weighted by molar-refractivity contribution is 5.98. The molecule has 2 aromatic heterocycles. The predicted molar refractivity (Wildman–Crippen MR) is 182 cm³/mol. The van der Waals surface area contributed by atoms with Crippen LogP contribution in [0.4, 0.5) is 10.2 Å². The van der Waals surface area contributed by atoms with Crippen molar-refractivity contribution >= 4 is 11.6 Å². The van der Waals surface area contributed by atoms with Crippen molar-refractivity contribution in [1.82, 2.24) is 9.55 Å². The molecule has 1 fully saturated rings. The number of hydrogen-bond acceptors (Lipinski definition) is 8. The SMILES string of the molecule is CCn1cc(C(=O)Cc2ccc(-c3cc(-c4ccc(OC[C@H]5COCCO5)c(OC)c4)cnc3N)cc2)c(=O)c(-c2ccc(F)cc2)c1. The monoisotopic (exact) mass is 649 g/mol. The van der Waals surface area contributed by atoms with Crippen molar-refractivity contribution in [2.24, 2.45) is 0 Å². The van der Waals surface area contributed by atoms with Crippen LogP contribution < -0.4 is 20.6 Å². The first-order valence-corrected chi connectivity index (χ1v) is 15.7. The average molecular weight is 650 g/mol. The minimum Gasteiger partial charge on any atom is -0.493 e. The van der Waals surface area contributed by atoms with E-state index in [-0.39, 0.29) is 29.3 Å². The number of rotatable bonds is 11. The summed E-state index contributed by atoms with van der Waals surface area (Å²) in [5.41, 5.74) is 10.9. The van der Waals surface area contributed by atoms with E-state index in [1.54, 1.807) is 42.4 Å². The quantitative estimate of drug-likeness (QED) is 0.168. The number of benzene rings is 3. The number of anilines is 1. The molecule has 3 heterocycles. The number of ketones is 1. The number of halogens is 1. The number of carbonyl (C=O) groups excluding carboxylic acids is 1. The molecule has 10 heteroatoms. The number of nitrogen functional groups attached to an aromatic ring is 1. The highest BCUT2D eigenvalue weighted by atomic mass is 19.1. The number of aromatic nitrogens is 2. The number of aryl methyl sites for hydroxylation is 1. The zero-order valence-electron chi connectivity index (χ0n) is 26.8. The largest absolute Gasteiger partial charge is 0.493 e. The van der Waals surface area contributed by atoms with Crippen LogP contribution >= 0.6 is 0 Å². The van der Waals surface area contributed by atoms with E-state index < -0.39 is 5.82 Å². The highest BCUT2D eigenvalue weighted by Gasteiger charge is 2.19. The van der Waals surface area contributed by atoms with Gasteiger partial charge in [-0.1, -0.05) is 42.5 Å². The van der Waals surface area contributed by atoms with Crippen molar-refractivity contribution < 1.29 is 28.1 Å². The zero-order valence-corrected chi connectivity index (χ0v) is 26.8. The molecule has 1 aliphatic rings. The third-order valence-corrected chi connectivity index (χ3v) is 8.25. The molecule has 9 nitrogen and oxygen atoms in total. The van der Waals surface area contributed by atoms with Crippen LogP contribution in [0.5, 0.6) is 11.5 Å². The van der Waals surface area contributed by atoms with Gasteiger partial charge in [-0.15, -0.1) is 0 Å². The molecule has 1 aliphatic heterocycles. The normalized spacial score (nSPS) is 14.4. The summed E-state index contributed by atoms with van der Waals surface area (Å²) in [7, 11) is 1.59. The van der Waals surface area contributed by atoms with Gasteiger partial charge in [0.1, 0.15) is 24.3 Å². The standard InChI is InChI=1S/C38H36FN3O6/c1-3-42-20-32(26-8-11-29(39)12-9-26)37(44)33(21-42)34(43)16-24-4-6-25(7-5-24)31-17-28(19-41-38(31)40)27-10-13-35(36(18-27)45-2)48-23-30-22-46-14-15-47-30/h4-13,17-21,30H,3,14-16,22-23H2,1-2H3,(H2,40,41)/t30-/m1/s1. The summed E-state index contributed by atoms with van der Waals surface area (Å²) >= 11 is 0. The van der Waals surface area contributed by atoms with Gasteiger partial charge in [0, 0.05) is 48.2 Å². The topological polar surface area (TPSA) is 115 Å². The smallest absolute Gasteiger partial charge is 0.200 e. The molecule has 0 unspecified atom stereocenters. The first kappa shape index (κ1) is 32.6. The predicted octanol–water partition coefficient (Wildman–Crippen LogP) is 6.21. The lowest BCUT2D eigenvalue weighted by Crippen LogP contribution is -2.33. The fourth-order valence-corrected chi connectivity index (χ4v) is 5.58. The second-order valence-corrected chi connectivity index (χ2v) is 11.5. The molecular formula is C38H36FN3O6. The van der Waals surface area contributed by atoms with Gasteiger partial charge >= 0.3 is 0 Å². The van der Waals surface area contributed by atoms with Crippen molar-refractivity contribution in [3.05, 3.63) is 119 Å². The molecule has 0 spiro atoms. The first-order chi connectivity index (χ1) is 23.3. The molecule has 0 radical (unpaired) electrons. The molecule has 48 heavy (non-hydrogen) atoms. The molecule has 0 bridgehead atoms. The fourth-order valence-electron chi connectivity index (χ4n) is 5.58. The summed E-state index contributed by atoms with van der Waals surface area (Å²) in [6.07, 6.45) is 4.88. The number of nitrogens with zero attached hydrogens (tertiary/aromatic N) is 2. The maximum Gasteiger partial charge on any atom is 0.200 e. The second-order valence-electron chi connectivity index (χ2n) is 11.5. The molecule has 246 valence electrons. The Hall–Kier alpha value is -5.32. The van der Waals surface area contributed by atoms with Crippen LogP contribution in [0.2, 0.25) is 0 Å². The summed E-state index contributed by atoms with van der Waals surface area (Å²) in [5.74, 6) is 0.835. The van der Waals surface area contributed by atoms with Gasteiger partial charge < -0.3 is 29.2 Å². The maximum atomic E-state index is 13.5. The number of carbonyl (C=O) groups is 1. The van der Waals surface area contributed by atoms with Gasteiger partial charge in [0.2, 0.25) is 0 Å². The first-order valence-electron chi connectivity index (χ1n) is 15.7. The molecule has 0 aliphatic carbocycles. The van der Waals surface area contributed by atoms with Gasteiger partial charge in [-0.3, -0.25) is 9.59 Å². The molecule has 2 N–H and O–H groups in total. The summed E-state index contributed by atoms with van der Waals surface area (Å²) in [6, 6.07) is 20.8. The lowest BCUT2D eigenvalue weighted by molar-refractivity contribution is -0.101. The summed E-state index contributed by atoms with van der Waals surface area (Å²) < 4.78 is 38.0. The molecule has 1 atom stereocenters. The van der Waals surface area contributed by atoms with E-state index in [0.29, 0.717) is 61.4 Å². The Morgan fingerprint density at radius 3 is 2.38 bits per heavy atom. The van der Waals surface area contributed by atoms with E-state index in [0.717, 1.165) is 27.8 Å². The third-order valence-electron chi connectivity index (χ3n) is 8.25. The molecule has 0 saturated carbocycles. The Bertz CT molecular complexity index is 1970. The van der Waals surface area contributed by atoms with E-state index in [2.05, 4.69) is 4.98 Å². The summed E-state index contributed by atoms with van der Waals surface area (Å²) in [5, 5.41) is 0. The number of nitrogens with two attached hydrogens (primary N) is 1. The Kier molecular flexibility index (Phi) is 9.94. The van der Waals surface area contributed by atoms with Gasteiger partial charge in [0.15, 0.2) is 22.7 Å². The number of ether oxygens (including phenoxy) is 4. The maximum absolute atomic E-state index is 13.5. The Morgan fingerprint density at radius 2 is 1.67 bits per heavy atom. The van der Waals surface area contributed by atoms with E-state index in [9.17, 15) is 14.0 Å². The Morgan fingerprint density at radius 1 is 0.938 bits per heavy atom. The van der Waals surface area contributed by atoms with E-state index in [1.165, 1.54) is 12.1 Å². The van der Waals surface area contributed by atoms with Crippen molar-refractivity contribution in [3.63, 3.8) is 0 Å². The second kappa shape index (κ2) is 14.6. The minimum absolute atomic E-state index is 0.0357. The molecule has 3 aromatic carbocycles. The number of hydrogen-bond donors (Lipinski definition) is 1. The fraction of sp³-hybridized carbons (Fsp3) is 0.237. The van der Waals surface area contributed by atoms with Crippen LogP contribution in [-0.4, -0.2) is 55.0 Å². The van der Waals surface area contributed by atoms with E-state index in [1.807, 2.05) is 55.5 Å². The van der Waals surface area contributed by atoms with Crippen LogP contribution in [0, 0.1) is 5.82 Å². The van der Waals surface area contributed by atoms with Crippen LogP contribution in [-0.2, 0) is 22.4 Å². The Balaban J connectivity index is 1.19. The van der Waals surface area contributed by atoms with Crippen molar-refractivity contribution in [2.45, 2.75) is 26.0 Å². The third kappa shape index (κ3) is 7.30. The van der Waals surface area contributed by atoms with E-state index in [4.69, 9.17) is 24.7 Å². The Labute approximate surface area is 277 Å². The lowest BCUT2D eigenvalue weighted by atomic mass is 9.97. The van der Waals surface area contributed by atoms with Crippen molar-refractivity contribution in [1.29, 1.82) is 0 Å². The van der Waals surface area contributed by atoms with Gasteiger partial charge in [0.05, 0.1) is 32.5 Å². The molecule has 0 amide bonds. The van der Waals surface area contributed by atoms with Gasteiger partial charge in [-0.2, -0.15) is 0 Å². The summed E-state index contributed by atoms with van der Waals surface area (Å²) in [4.78, 5) is 31.2. The van der Waals surface area contributed by atoms with Crippen molar-refractivity contribution in [2.75, 3.05) is 39.3 Å². The number of methoxy groups -OCH3 is 1. The zero-order chi connectivity index (χ0) is 33.6. The minimum atomic E-state index is -0.397. The van der Waals surface area contributed by atoms with Gasteiger partial charge in [-0.25, -0.2) is 9.37 Å². The van der Waals surface area contributed by atoms with Crippen LogP contribution in [0.3, 0.4) is 0 Å². The van der Waals surface area contributed by atoms with Gasteiger partial charge in [0.25, 0.3) is 0 Å². The highest BCUT2D eigenvalue weighted by Crippen LogP contribution is 2.35. The molecule has 5 aromatic rings. The van der Waals surface area contributed by atoms with Crippen LogP contribution in [0.25, 0.3) is 33.4 Å². The van der Waals surface area contributed by atoms with Gasteiger partial charge in [-0.05, 0) is 59.5 Å². The molecule has 6 rings (SSSR count). The molecular weight excluding hydrogens is 613 g/mol. The van der Waals surface area contributed by atoms with E-state index >= 15 is 0 Å². The summed E-state index contributed by atoms with van der Waals surface area (Å²) in [6.45, 7) is 4.47. The van der Waals surface area contributed by atoms with Crippen molar-refractivity contribution in [3.8, 4) is 44.9 Å². The van der Waals surface area contributed by atoms with Crippen LogP contribution in [0.1, 0.15) is 22.8 Å².